The Balaban J connectivity index is -0.000000136. The fraction of sp³-hybridized carbons (Fsp3) is 0.867. The van der Waals surface area contributed by atoms with Gasteiger partial charge in [0.15, 0.2) is 5.78 Å². The summed E-state index contributed by atoms with van der Waals surface area (Å²) in [5.41, 5.74) is 0. The van der Waals surface area contributed by atoms with Crippen molar-refractivity contribution in [1.82, 2.24) is 5.32 Å². The highest BCUT2D eigenvalue weighted by Crippen LogP contribution is 1.94. The summed E-state index contributed by atoms with van der Waals surface area (Å²) in [5, 5.41) is 11.5. The van der Waals surface area contributed by atoms with Crippen molar-refractivity contribution in [3.63, 3.8) is 0 Å². The molecule has 0 aliphatic rings. The Hall–Kier alpha value is -0.900. The van der Waals surface area contributed by atoms with Gasteiger partial charge in [-0.3, -0.25) is 9.59 Å². The third-order valence-electron chi connectivity index (χ3n) is 1.56. The second-order valence-electron chi connectivity index (χ2n) is 3.46. The van der Waals surface area contributed by atoms with Crippen molar-refractivity contribution in [3.05, 3.63) is 0 Å². The molecule has 0 saturated heterocycles. The monoisotopic (exact) mass is 277 g/mol. The van der Waals surface area contributed by atoms with Gasteiger partial charge in [0.1, 0.15) is 6.04 Å². The van der Waals surface area contributed by atoms with Crippen LogP contribution in [-0.2, 0) is 9.59 Å². The topological polar surface area (TPSA) is 66.4 Å². The van der Waals surface area contributed by atoms with Gasteiger partial charge in [0.25, 0.3) is 0 Å². The molecule has 0 aromatic carbocycles. The number of hydrogen-bond donors (Lipinski definition) is 2. The molecule has 0 rings (SSSR count). The van der Waals surface area contributed by atoms with Gasteiger partial charge in [0.2, 0.25) is 5.91 Å². The van der Waals surface area contributed by atoms with Gasteiger partial charge in [-0.25, -0.2) is 0 Å². The minimum atomic E-state index is -0.835. The standard InChI is InChI=1S/C8H15NO3.C3H8.2C2H6/c1-4-7(12)9-8(5(2)10)6(3)11;1-3-2;2*1-2/h5,8,10H,4H2,1-3H3,(H,9,12);3H2,1-2H3;2*1-2H3. The van der Waals surface area contributed by atoms with Crippen LogP contribution in [0.15, 0.2) is 0 Å². The summed E-state index contributed by atoms with van der Waals surface area (Å²) in [5.74, 6) is -0.456. The fourth-order valence-corrected chi connectivity index (χ4v) is 0.837. The van der Waals surface area contributed by atoms with Crippen molar-refractivity contribution in [3.8, 4) is 0 Å². The zero-order valence-electron chi connectivity index (χ0n) is 14.3. The van der Waals surface area contributed by atoms with E-state index in [1.807, 2.05) is 27.7 Å². The summed E-state index contributed by atoms with van der Waals surface area (Å²) in [4.78, 5) is 21.7. The highest BCUT2D eigenvalue weighted by molar-refractivity contribution is 5.87. The number of aliphatic hydroxyl groups is 1. The van der Waals surface area contributed by atoms with E-state index in [4.69, 9.17) is 5.11 Å². The van der Waals surface area contributed by atoms with Gasteiger partial charge >= 0.3 is 0 Å². The van der Waals surface area contributed by atoms with Crippen LogP contribution in [0.4, 0.5) is 0 Å². The van der Waals surface area contributed by atoms with E-state index in [1.54, 1.807) is 6.92 Å². The Morgan fingerprint density at radius 1 is 1.05 bits per heavy atom. The maximum Gasteiger partial charge on any atom is 0.220 e. The van der Waals surface area contributed by atoms with E-state index in [2.05, 4.69) is 19.2 Å². The first kappa shape index (κ1) is 26.6. The molecule has 0 fully saturated rings. The van der Waals surface area contributed by atoms with Crippen molar-refractivity contribution >= 4 is 11.7 Å². The lowest BCUT2D eigenvalue weighted by molar-refractivity contribution is -0.128. The molecule has 0 spiro atoms. The summed E-state index contributed by atoms with van der Waals surface area (Å²) in [6.07, 6.45) is 0.731. The normalized spacial score (nSPS) is 11.1. The van der Waals surface area contributed by atoms with Gasteiger partial charge < -0.3 is 10.4 Å². The summed E-state index contributed by atoms with van der Waals surface area (Å²) in [7, 11) is 0. The zero-order chi connectivity index (χ0) is 16.4. The predicted octanol–water partition coefficient (Wildman–Crippen LogP) is 3.32. The molecule has 4 nitrogen and oxygen atoms in total. The van der Waals surface area contributed by atoms with Gasteiger partial charge in [-0.15, -0.1) is 0 Å². The third-order valence-corrected chi connectivity index (χ3v) is 1.56. The predicted molar refractivity (Wildman–Crippen MR) is 83.2 cm³/mol. The van der Waals surface area contributed by atoms with Crippen LogP contribution in [0.2, 0.25) is 0 Å². The van der Waals surface area contributed by atoms with Gasteiger partial charge in [0.05, 0.1) is 6.10 Å². The molecule has 2 atom stereocenters. The number of amides is 1. The summed E-state index contributed by atoms with van der Waals surface area (Å²) >= 11 is 0. The van der Waals surface area contributed by atoms with Crippen LogP contribution in [0.1, 0.15) is 75.2 Å². The maximum atomic E-state index is 10.9. The lowest BCUT2D eigenvalue weighted by Gasteiger charge is -2.17. The molecular formula is C15H35NO3. The van der Waals surface area contributed by atoms with Crippen LogP contribution in [-0.4, -0.2) is 28.9 Å². The summed E-state index contributed by atoms with van der Waals surface area (Å²) < 4.78 is 0. The Labute approximate surface area is 120 Å². The number of nitrogens with one attached hydrogen (secondary N) is 1. The van der Waals surface area contributed by atoms with E-state index in [9.17, 15) is 9.59 Å². The van der Waals surface area contributed by atoms with Crippen LogP contribution in [0.3, 0.4) is 0 Å². The molecule has 0 bridgehead atoms. The summed E-state index contributed by atoms with van der Waals surface area (Å²) in [6, 6.07) is -0.766. The number of carbonyl (C=O) groups excluding carboxylic acids is 2. The average Bonchev–Trinajstić information content (AvgIpc) is 2.40. The molecule has 1 amide bonds. The number of carbonyl (C=O) groups is 2. The Bertz CT molecular complexity index is 192. The van der Waals surface area contributed by atoms with Gasteiger partial charge in [-0.05, 0) is 13.8 Å². The smallest absolute Gasteiger partial charge is 0.220 e. The van der Waals surface area contributed by atoms with Crippen molar-refractivity contribution in [2.45, 2.75) is 87.3 Å². The average molecular weight is 277 g/mol. The molecule has 0 aromatic heterocycles. The van der Waals surface area contributed by atoms with Gasteiger partial charge in [-0.2, -0.15) is 0 Å². The lowest BCUT2D eigenvalue weighted by atomic mass is 10.1. The van der Waals surface area contributed by atoms with E-state index in [0.717, 1.165) is 0 Å². The number of rotatable bonds is 4. The highest BCUT2D eigenvalue weighted by Gasteiger charge is 2.20. The molecule has 118 valence electrons. The van der Waals surface area contributed by atoms with Crippen LogP contribution in [0, 0.1) is 0 Å². The van der Waals surface area contributed by atoms with Gasteiger partial charge in [-0.1, -0.05) is 54.9 Å². The van der Waals surface area contributed by atoms with Crippen molar-refractivity contribution in [1.29, 1.82) is 0 Å². The molecule has 0 heterocycles. The Morgan fingerprint density at radius 3 is 1.53 bits per heavy atom. The number of hydrogen-bond acceptors (Lipinski definition) is 3. The third kappa shape index (κ3) is 22.7. The number of aliphatic hydroxyl groups excluding tert-OH is 1. The van der Waals surface area contributed by atoms with Crippen LogP contribution >= 0.6 is 0 Å². The lowest BCUT2D eigenvalue weighted by Crippen LogP contribution is -2.46. The SMILES string of the molecule is CC.CC.CCC.CCC(=O)NC(C(C)=O)C(C)O. The molecule has 0 aliphatic carbocycles. The van der Waals surface area contributed by atoms with E-state index in [1.165, 1.54) is 20.3 Å². The minimum Gasteiger partial charge on any atom is -0.391 e. The molecule has 0 aromatic rings. The van der Waals surface area contributed by atoms with Crippen LogP contribution < -0.4 is 5.32 Å². The van der Waals surface area contributed by atoms with Crippen molar-refractivity contribution < 1.29 is 14.7 Å². The van der Waals surface area contributed by atoms with Gasteiger partial charge in [0, 0.05) is 6.42 Å². The van der Waals surface area contributed by atoms with E-state index >= 15 is 0 Å². The van der Waals surface area contributed by atoms with E-state index < -0.39 is 12.1 Å². The minimum absolute atomic E-state index is 0.226. The molecule has 2 unspecified atom stereocenters. The van der Waals surface area contributed by atoms with Crippen molar-refractivity contribution in [2.24, 2.45) is 0 Å². The Kier molecular flexibility index (Phi) is 31.2. The molecule has 0 saturated carbocycles. The second-order valence-corrected chi connectivity index (χ2v) is 3.46. The summed E-state index contributed by atoms with van der Waals surface area (Å²) in [6.45, 7) is 16.8. The first-order valence-electron chi connectivity index (χ1n) is 7.38. The molecular weight excluding hydrogens is 242 g/mol. The second kappa shape index (κ2) is 22.3. The first-order valence-corrected chi connectivity index (χ1v) is 7.38. The van der Waals surface area contributed by atoms with Crippen LogP contribution in [0.5, 0.6) is 0 Å². The Morgan fingerprint density at radius 2 is 1.37 bits per heavy atom. The zero-order valence-corrected chi connectivity index (χ0v) is 14.3. The first-order chi connectivity index (χ1) is 8.90. The molecule has 2 N–H and O–H groups in total. The van der Waals surface area contributed by atoms with Crippen molar-refractivity contribution in [2.75, 3.05) is 0 Å². The molecule has 19 heavy (non-hydrogen) atoms. The van der Waals surface area contributed by atoms with Crippen LogP contribution in [0.25, 0.3) is 0 Å². The molecule has 0 aliphatic heterocycles. The number of ketones is 1. The fourth-order valence-electron chi connectivity index (χ4n) is 0.837. The quantitative estimate of drug-likeness (QED) is 0.828. The van der Waals surface area contributed by atoms with E-state index in [0.29, 0.717) is 6.42 Å². The molecule has 4 heteroatoms. The maximum absolute atomic E-state index is 10.9. The largest absolute Gasteiger partial charge is 0.391 e. The number of Topliss-reactive ketones (excluding diaryl/α,β-unsaturated/α-hetero) is 1. The molecule has 0 radical (unpaired) electrons. The highest BCUT2D eigenvalue weighted by atomic mass is 16.3. The van der Waals surface area contributed by atoms with E-state index in [-0.39, 0.29) is 11.7 Å².